The predicted molar refractivity (Wildman–Crippen MR) is 110 cm³/mol. The number of aliphatic hydroxyl groups excluding tert-OH is 1. The fraction of sp³-hybridized carbons (Fsp3) is 0.632. The van der Waals surface area contributed by atoms with Gasteiger partial charge in [0, 0.05) is 54.5 Å². The molecule has 2 aliphatic heterocycles. The Morgan fingerprint density at radius 3 is 2.59 bits per heavy atom. The lowest BCUT2D eigenvalue weighted by molar-refractivity contribution is -0.0409. The van der Waals surface area contributed by atoms with Gasteiger partial charge in [-0.1, -0.05) is 0 Å². The number of β-amino-alcohol motifs (C(OH)–C–C–N with tert-alkyl or cyclic N) is 1. The van der Waals surface area contributed by atoms with Crippen molar-refractivity contribution in [2.45, 2.75) is 32.6 Å². The maximum Gasteiger partial charge on any atom is 0.410 e. The number of halogens is 1. The molecule has 2 aliphatic rings. The van der Waals surface area contributed by atoms with E-state index in [0.29, 0.717) is 31.2 Å². The summed E-state index contributed by atoms with van der Waals surface area (Å²) in [6.45, 7) is 9.93. The number of hydrogen-bond donors (Lipinski definition) is 2. The number of aliphatic hydroxyl groups is 1. The number of rotatable bonds is 3. The molecule has 0 radical (unpaired) electrons. The van der Waals surface area contributed by atoms with Crippen molar-refractivity contribution in [1.82, 2.24) is 9.80 Å². The van der Waals surface area contributed by atoms with Crippen LogP contribution < -0.4 is 10.6 Å². The zero-order valence-electron chi connectivity index (χ0n) is 16.2. The molecule has 1 amide bonds. The first kappa shape index (κ1) is 20.2. The van der Waals surface area contributed by atoms with Crippen molar-refractivity contribution in [2.75, 3.05) is 49.9 Å². The first-order valence-corrected chi connectivity index (χ1v) is 10.1. The van der Waals surface area contributed by atoms with Crippen LogP contribution in [0.2, 0.25) is 0 Å². The molecule has 0 aliphatic carbocycles. The molecule has 1 atom stereocenters. The monoisotopic (exact) mass is 440 g/mol. The first-order chi connectivity index (χ1) is 12.6. The number of nitrogens with two attached hydrogens (primary N) is 1. The fourth-order valence-electron chi connectivity index (χ4n) is 3.47. The summed E-state index contributed by atoms with van der Waals surface area (Å²) in [7, 11) is 0. The second-order valence-corrected chi connectivity index (χ2v) is 9.23. The van der Waals surface area contributed by atoms with Gasteiger partial charge in [-0.05, 0) is 54.9 Å². The molecule has 0 bridgehead atoms. The van der Waals surface area contributed by atoms with Gasteiger partial charge < -0.3 is 25.4 Å². The van der Waals surface area contributed by atoms with Crippen molar-refractivity contribution in [3.05, 3.63) is 22.7 Å². The molecule has 3 N–H and O–H groups in total. The molecular weight excluding hydrogens is 412 g/mol. The van der Waals surface area contributed by atoms with Gasteiger partial charge in [0.25, 0.3) is 0 Å². The Labute approximate surface area is 169 Å². The van der Waals surface area contributed by atoms with E-state index in [1.165, 1.54) is 0 Å². The highest BCUT2D eigenvalue weighted by molar-refractivity contribution is 9.10. The minimum Gasteiger partial charge on any atom is -0.444 e. The zero-order chi connectivity index (χ0) is 19.8. The molecular formula is C19H29BrN4O3. The third-order valence-electron chi connectivity index (χ3n) is 4.91. The SMILES string of the molecule is CC(C)(C)OC(=O)N1CC(CN2CCN(c3ccc(Br)c(N)c3)CC2O)C1. The van der Waals surface area contributed by atoms with Gasteiger partial charge >= 0.3 is 6.09 Å². The summed E-state index contributed by atoms with van der Waals surface area (Å²) in [5, 5.41) is 10.6. The van der Waals surface area contributed by atoms with Crippen LogP contribution in [-0.4, -0.2) is 72.1 Å². The summed E-state index contributed by atoms with van der Waals surface area (Å²) in [5.41, 5.74) is 7.22. The van der Waals surface area contributed by atoms with Crippen LogP contribution in [0, 0.1) is 5.92 Å². The van der Waals surface area contributed by atoms with Crippen molar-refractivity contribution >= 4 is 33.4 Å². The molecule has 2 heterocycles. The minimum absolute atomic E-state index is 0.253. The molecule has 2 saturated heterocycles. The number of nitrogens with zero attached hydrogens (tertiary/aromatic N) is 3. The highest BCUT2D eigenvalue weighted by Gasteiger charge is 2.36. The van der Waals surface area contributed by atoms with Crippen LogP contribution in [0.3, 0.4) is 0 Å². The topological polar surface area (TPSA) is 82.3 Å². The lowest BCUT2D eigenvalue weighted by atomic mass is 9.99. The molecule has 7 nitrogen and oxygen atoms in total. The quantitative estimate of drug-likeness (QED) is 0.701. The number of amides is 1. The van der Waals surface area contributed by atoms with Crippen LogP contribution >= 0.6 is 15.9 Å². The van der Waals surface area contributed by atoms with Crippen molar-refractivity contribution in [2.24, 2.45) is 5.92 Å². The Bertz CT molecular complexity index is 688. The Balaban J connectivity index is 1.46. The summed E-state index contributed by atoms with van der Waals surface area (Å²) in [4.78, 5) is 18.0. The molecule has 1 aromatic carbocycles. The number of nitrogen functional groups attached to an aromatic ring is 1. The summed E-state index contributed by atoms with van der Waals surface area (Å²) >= 11 is 3.41. The van der Waals surface area contributed by atoms with Crippen LogP contribution in [0.5, 0.6) is 0 Å². The van der Waals surface area contributed by atoms with Crippen molar-refractivity contribution in [3.63, 3.8) is 0 Å². The lowest BCUT2D eigenvalue weighted by Crippen LogP contribution is -2.59. The number of carbonyl (C=O) groups excluding carboxylic acids is 1. The van der Waals surface area contributed by atoms with Crippen molar-refractivity contribution in [3.8, 4) is 0 Å². The van der Waals surface area contributed by atoms with Gasteiger partial charge in [-0.15, -0.1) is 0 Å². The number of piperazine rings is 1. The van der Waals surface area contributed by atoms with E-state index in [1.807, 2.05) is 39.0 Å². The number of ether oxygens (including phenoxy) is 1. The normalized spacial score (nSPS) is 21.9. The number of benzene rings is 1. The largest absolute Gasteiger partial charge is 0.444 e. The maximum absolute atomic E-state index is 12.0. The third kappa shape index (κ3) is 5.06. The maximum atomic E-state index is 12.0. The Hall–Kier alpha value is -1.51. The Morgan fingerprint density at radius 2 is 2.00 bits per heavy atom. The molecule has 8 heteroatoms. The molecule has 2 fully saturated rings. The zero-order valence-corrected chi connectivity index (χ0v) is 17.8. The number of likely N-dealkylation sites (tertiary alicyclic amines) is 1. The van der Waals surface area contributed by atoms with Crippen LogP contribution in [-0.2, 0) is 4.74 Å². The number of carbonyl (C=O) groups is 1. The van der Waals surface area contributed by atoms with E-state index in [4.69, 9.17) is 10.5 Å². The number of anilines is 2. The third-order valence-corrected chi connectivity index (χ3v) is 5.63. The average Bonchev–Trinajstić information content (AvgIpc) is 2.52. The summed E-state index contributed by atoms with van der Waals surface area (Å²) < 4.78 is 6.27. The van der Waals surface area contributed by atoms with Crippen molar-refractivity contribution < 1.29 is 14.6 Å². The molecule has 1 unspecified atom stereocenters. The van der Waals surface area contributed by atoms with E-state index in [1.54, 1.807) is 4.90 Å². The van der Waals surface area contributed by atoms with Gasteiger partial charge in [0.15, 0.2) is 0 Å². The molecule has 0 saturated carbocycles. The number of hydrogen-bond acceptors (Lipinski definition) is 6. The second-order valence-electron chi connectivity index (χ2n) is 8.38. The van der Waals surface area contributed by atoms with E-state index in [-0.39, 0.29) is 6.09 Å². The molecule has 150 valence electrons. The van der Waals surface area contributed by atoms with Crippen LogP contribution in [0.25, 0.3) is 0 Å². The molecule has 3 rings (SSSR count). The first-order valence-electron chi connectivity index (χ1n) is 9.32. The molecule has 27 heavy (non-hydrogen) atoms. The van der Waals surface area contributed by atoms with E-state index >= 15 is 0 Å². The van der Waals surface area contributed by atoms with Crippen LogP contribution in [0.1, 0.15) is 20.8 Å². The van der Waals surface area contributed by atoms with Gasteiger partial charge in [0.05, 0.1) is 6.54 Å². The molecule has 0 aromatic heterocycles. The summed E-state index contributed by atoms with van der Waals surface area (Å²) in [5.74, 6) is 0.377. The smallest absolute Gasteiger partial charge is 0.410 e. The summed E-state index contributed by atoms with van der Waals surface area (Å²) in [6.07, 6.45) is -0.781. The van der Waals surface area contributed by atoms with E-state index in [0.717, 1.165) is 29.8 Å². The average molecular weight is 441 g/mol. The highest BCUT2D eigenvalue weighted by atomic mass is 79.9. The van der Waals surface area contributed by atoms with Crippen molar-refractivity contribution in [1.29, 1.82) is 0 Å². The standard InChI is InChI=1S/C19H29BrN4O3/c1-19(2,3)27-18(26)24-10-13(11-24)9-23-7-6-22(12-17(23)25)14-4-5-15(20)16(21)8-14/h4-5,8,13,17,25H,6-7,9-12,21H2,1-3H3. The van der Waals surface area contributed by atoms with E-state index < -0.39 is 11.8 Å². The molecule has 1 aromatic rings. The van der Waals surface area contributed by atoms with Gasteiger partial charge in [0.1, 0.15) is 11.8 Å². The van der Waals surface area contributed by atoms with Gasteiger partial charge in [-0.2, -0.15) is 0 Å². The van der Waals surface area contributed by atoms with Gasteiger partial charge in [-0.25, -0.2) is 4.79 Å². The van der Waals surface area contributed by atoms with E-state index in [2.05, 4.69) is 25.7 Å². The minimum atomic E-state index is -0.529. The lowest BCUT2D eigenvalue weighted by Gasteiger charge is -2.45. The van der Waals surface area contributed by atoms with Crippen LogP contribution in [0.4, 0.5) is 16.2 Å². The Morgan fingerprint density at radius 1 is 1.30 bits per heavy atom. The van der Waals surface area contributed by atoms with Crippen LogP contribution in [0.15, 0.2) is 22.7 Å². The Kier molecular flexibility index (Phi) is 5.88. The molecule has 0 spiro atoms. The second kappa shape index (κ2) is 7.85. The van der Waals surface area contributed by atoms with Gasteiger partial charge in [-0.3, -0.25) is 4.90 Å². The summed E-state index contributed by atoms with van der Waals surface area (Å²) in [6, 6.07) is 5.87. The van der Waals surface area contributed by atoms with Gasteiger partial charge in [0.2, 0.25) is 0 Å². The highest BCUT2D eigenvalue weighted by Crippen LogP contribution is 2.28. The fourth-order valence-corrected chi connectivity index (χ4v) is 3.72. The predicted octanol–water partition coefficient (Wildman–Crippen LogP) is 2.34. The van der Waals surface area contributed by atoms with E-state index in [9.17, 15) is 9.90 Å².